The average Bonchev–Trinajstić information content (AvgIpc) is 3.53. The summed E-state index contributed by atoms with van der Waals surface area (Å²) in [5, 5.41) is 2.01. The molecule has 282 valence electrons. The molecule has 7 aromatic rings. The van der Waals surface area contributed by atoms with E-state index in [1.165, 1.54) is 22.3 Å². The molecule has 2 aliphatic heterocycles. The Morgan fingerprint density at radius 1 is 0.667 bits per heavy atom. The number of hydrogen-bond donors (Lipinski definition) is 0. The van der Waals surface area contributed by atoms with E-state index in [1.54, 1.807) is 14.2 Å². The first-order chi connectivity index (χ1) is 27.9. The van der Waals surface area contributed by atoms with Gasteiger partial charge in [-0.05, 0) is 81.2 Å². The van der Waals surface area contributed by atoms with Crippen molar-refractivity contribution >= 4 is 22.5 Å². The number of morpholine rings is 1. The Hall–Kier alpha value is -6.37. The molecule has 1 aliphatic carbocycles. The van der Waals surface area contributed by atoms with E-state index in [0.29, 0.717) is 11.5 Å². The number of pyridine rings is 1. The fourth-order valence-electron chi connectivity index (χ4n) is 9.23. The molecule has 6 nitrogen and oxygen atoms in total. The van der Waals surface area contributed by atoms with E-state index in [0.717, 1.165) is 87.7 Å². The minimum absolute atomic E-state index is 0.295. The van der Waals surface area contributed by atoms with Gasteiger partial charge in [-0.15, -0.1) is 0 Å². The molecule has 1 atom stereocenters. The van der Waals surface area contributed by atoms with E-state index >= 15 is 0 Å². The number of hydrogen-bond acceptors (Lipinski definition) is 6. The molecule has 1 aromatic heterocycles. The molecule has 0 saturated carbocycles. The molecule has 3 aliphatic rings. The lowest BCUT2D eigenvalue weighted by atomic mass is 9.77. The molecule has 57 heavy (non-hydrogen) atoms. The summed E-state index contributed by atoms with van der Waals surface area (Å²) in [4.78, 5) is 7.89. The summed E-state index contributed by atoms with van der Waals surface area (Å²) in [5.74, 6) is 2.11. The van der Waals surface area contributed by atoms with Crippen molar-refractivity contribution in [3.05, 3.63) is 167 Å². The predicted molar refractivity (Wildman–Crippen MR) is 230 cm³/mol. The van der Waals surface area contributed by atoms with Gasteiger partial charge < -0.3 is 23.8 Å². The van der Waals surface area contributed by atoms with Gasteiger partial charge >= 0.3 is 0 Å². The van der Waals surface area contributed by atoms with E-state index in [1.807, 2.05) is 6.07 Å². The van der Waals surface area contributed by atoms with E-state index in [-0.39, 0.29) is 5.41 Å². The van der Waals surface area contributed by atoms with Crippen LogP contribution in [0.5, 0.6) is 17.2 Å². The predicted octanol–water partition coefficient (Wildman–Crippen LogP) is 11.1. The SMILES string of the molecule is COc1cc2c3c(c4c(c2cc1OC)-c1ccccc1C4(C)C)C=CC(c1ccc(N2CCOCC2)cc1)(c1cc(-c2ccccc2)cc(-c2ccccc2)n1)O3. The molecular weight excluding hydrogens is 705 g/mol. The van der Waals surface area contributed by atoms with Gasteiger partial charge in [0.05, 0.1) is 38.8 Å². The standard InChI is InChI=1S/C51H44N2O4/c1-50(2)42-18-12-11-17-38(42)47-40-31-44(54-3)45(55-4)32-41(40)49-39(48(47)50)23-24-51(57-49,36-19-21-37(22-20-36)53-25-27-56-28-26-53)46-30-35(33-13-7-5-8-14-33)29-43(52-46)34-15-9-6-10-16-34/h5-24,29-32H,25-28H2,1-4H3. The number of methoxy groups -OCH3 is 2. The van der Waals surface area contributed by atoms with Crippen molar-refractivity contribution in [2.75, 3.05) is 45.4 Å². The number of anilines is 1. The highest BCUT2D eigenvalue weighted by Gasteiger charge is 2.45. The van der Waals surface area contributed by atoms with E-state index in [9.17, 15) is 0 Å². The minimum atomic E-state index is -1.10. The van der Waals surface area contributed by atoms with Crippen LogP contribution in [0.1, 0.15) is 41.8 Å². The van der Waals surface area contributed by atoms with Crippen molar-refractivity contribution in [2.45, 2.75) is 24.9 Å². The van der Waals surface area contributed by atoms with Crippen LogP contribution in [0, 0.1) is 0 Å². The number of ether oxygens (including phenoxy) is 4. The Bertz CT molecular complexity index is 2620. The first-order valence-corrected chi connectivity index (χ1v) is 19.7. The van der Waals surface area contributed by atoms with Gasteiger partial charge in [-0.2, -0.15) is 0 Å². The molecule has 0 N–H and O–H groups in total. The molecular formula is C51H44N2O4. The maximum atomic E-state index is 7.78. The van der Waals surface area contributed by atoms with Crippen molar-refractivity contribution in [1.82, 2.24) is 4.98 Å². The van der Waals surface area contributed by atoms with Crippen LogP contribution in [0.25, 0.3) is 50.4 Å². The maximum absolute atomic E-state index is 7.78. The highest BCUT2D eigenvalue weighted by atomic mass is 16.5. The van der Waals surface area contributed by atoms with E-state index < -0.39 is 5.60 Å². The molecule has 6 heteroatoms. The quantitative estimate of drug-likeness (QED) is 0.162. The highest BCUT2D eigenvalue weighted by Crippen LogP contribution is 2.59. The zero-order chi connectivity index (χ0) is 38.7. The number of aromatic nitrogens is 1. The first-order valence-electron chi connectivity index (χ1n) is 19.7. The molecule has 0 radical (unpaired) electrons. The second kappa shape index (κ2) is 13.7. The normalized spacial score (nSPS) is 17.7. The van der Waals surface area contributed by atoms with Crippen molar-refractivity contribution in [2.24, 2.45) is 0 Å². The zero-order valence-electron chi connectivity index (χ0n) is 32.7. The topological polar surface area (TPSA) is 53.1 Å². The van der Waals surface area contributed by atoms with Crippen LogP contribution in [0.3, 0.4) is 0 Å². The number of fused-ring (bicyclic) bond motifs is 8. The van der Waals surface area contributed by atoms with Crippen LogP contribution in [-0.2, 0) is 15.8 Å². The third kappa shape index (κ3) is 5.61. The lowest BCUT2D eigenvalue weighted by molar-refractivity contribution is 0.122. The molecule has 1 unspecified atom stereocenters. The summed E-state index contributed by atoms with van der Waals surface area (Å²) in [5.41, 5.74) is 11.6. The van der Waals surface area contributed by atoms with Crippen LogP contribution in [-0.4, -0.2) is 45.5 Å². The first kappa shape index (κ1) is 35.1. The summed E-state index contributed by atoms with van der Waals surface area (Å²) in [6.45, 7) is 7.80. The molecule has 1 saturated heterocycles. The Kier molecular flexibility index (Phi) is 8.42. The zero-order valence-corrected chi connectivity index (χ0v) is 32.7. The Balaban J connectivity index is 1.26. The maximum Gasteiger partial charge on any atom is 0.194 e. The number of rotatable bonds is 7. The van der Waals surface area contributed by atoms with Gasteiger partial charge in [-0.1, -0.05) is 117 Å². The van der Waals surface area contributed by atoms with Gasteiger partial charge in [0.15, 0.2) is 17.1 Å². The van der Waals surface area contributed by atoms with Crippen molar-refractivity contribution in [3.63, 3.8) is 0 Å². The molecule has 1 fully saturated rings. The van der Waals surface area contributed by atoms with Gasteiger partial charge in [-0.25, -0.2) is 4.98 Å². The largest absolute Gasteiger partial charge is 0.493 e. The molecule has 0 amide bonds. The van der Waals surface area contributed by atoms with E-state index in [4.69, 9.17) is 23.9 Å². The van der Waals surface area contributed by atoms with Crippen LogP contribution >= 0.6 is 0 Å². The second-order valence-corrected chi connectivity index (χ2v) is 15.6. The fraction of sp³-hybridized carbons (Fsp3) is 0.196. The monoisotopic (exact) mass is 748 g/mol. The third-order valence-corrected chi connectivity index (χ3v) is 12.1. The summed E-state index contributed by atoms with van der Waals surface area (Å²) >= 11 is 0. The van der Waals surface area contributed by atoms with Gasteiger partial charge in [0.1, 0.15) is 5.75 Å². The van der Waals surface area contributed by atoms with Crippen LogP contribution < -0.4 is 19.1 Å². The molecule has 3 heterocycles. The molecule has 10 rings (SSSR count). The summed E-state index contributed by atoms with van der Waals surface area (Å²) in [7, 11) is 3.38. The molecule has 0 spiro atoms. The van der Waals surface area contributed by atoms with Crippen LogP contribution in [0.4, 0.5) is 5.69 Å². The van der Waals surface area contributed by atoms with Gasteiger partial charge in [0, 0.05) is 46.3 Å². The number of nitrogens with zero attached hydrogens (tertiary/aromatic N) is 2. The summed E-state index contributed by atoms with van der Waals surface area (Å²) in [6, 6.07) is 47.1. The lowest BCUT2D eigenvalue weighted by Gasteiger charge is -2.38. The minimum Gasteiger partial charge on any atom is -0.493 e. The summed E-state index contributed by atoms with van der Waals surface area (Å²) in [6.07, 6.45) is 4.52. The Morgan fingerprint density at radius 3 is 2.02 bits per heavy atom. The van der Waals surface area contributed by atoms with Gasteiger partial charge in [0.2, 0.25) is 0 Å². The Labute approximate surface area is 334 Å². The van der Waals surface area contributed by atoms with Crippen molar-refractivity contribution in [3.8, 4) is 50.8 Å². The average molecular weight is 749 g/mol. The van der Waals surface area contributed by atoms with Crippen molar-refractivity contribution in [1.29, 1.82) is 0 Å². The highest BCUT2D eigenvalue weighted by molar-refractivity contribution is 6.09. The molecule has 0 bridgehead atoms. The summed E-state index contributed by atoms with van der Waals surface area (Å²) < 4.78 is 25.4. The van der Waals surface area contributed by atoms with Crippen LogP contribution in [0.15, 0.2) is 140 Å². The van der Waals surface area contributed by atoms with Gasteiger partial charge in [-0.3, -0.25) is 0 Å². The smallest absolute Gasteiger partial charge is 0.194 e. The molecule has 6 aromatic carbocycles. The van der Waals surface area contributed by atoms with Crippen molar-refractivity contribution < 1.29 is 18.9 Å². The van der Waals surface area contributed by atoms with E-state index in [2.05, 4.69) is 158 Å². The lowest BCUT2D eigenvalue weighted by Crippen LogP contribution is -2.37. The third-order valence-electron chi connectivity index (χ3n) is 12.1. The van der Waals surface area contributed by atoms with Crippen LogP contribution in [0.2, 0.25) is 0 Å². The fourth-order valence-corrected chi connectivity index (χ4v) is 9.23. The van der Waals surface area contributed by atoms with Gasteiger partial charge in [0.25, 0.3) is 0 Å². The second-order valence-electron chi connectivity index (χ2n) is 15.6. The number of benzene rings is 6. The Morgan fingerprint density at radius 2 is 1.32 bits per heavy atom.